The lowest BCUT2D eigenvalue weighted by Crippen LogP contribution is -2.49. The van der Waals surface area contributed by atoms with E-state index in [0.717, 1.165) is 17.1 Å². The van der Waals surface area contributed by atoms with Crippen LogP contribution in [0.3, 0.4) is 0 Å². The third-order valence-corrected chi connectivity index (χ3v) is 4.65. The van der Waals surface area contributed by atoms with Gasteiger partial charge in [-0.05, 0) is 23.3 Å². The highest BCUT2D eigenvalue weighted by molar-refractivity contribution is 5.97. The molecule has 0 bridgehead atoms. The molecule has 0 radical (unpaired) electrons. The Balaban J connectivity index is 1.58. The molecular formula is C22H27N5O2. The zero-order chi connectivity index (χ0) is 20.6. The fraction of sp³-hybridized carbons (Fsp3) is 0.318. The minimum absolute atomic E-state index is 0.113. The Morgan fingerprint density at radius 2 is 1.83 bits per heavy atom. The number of carbonyl (C=O) groups is 2. The van der Waals surface area contributed by atoms with Gasteiger partial charge in [-0.15, -0.1) is 0 Å². The second kappa shape index (κ2) is 9.73. The van der Waals surface area contributed by atoms with Crippen molar-refractivity contribution in [2.75, 3.05) is 33.7 Å². The highest BCUT2D eigenvalue weighted by Gasteiger charge is 2.22. The van der Waals surface area contributed by atoms with Crippen LogP contribution < -0.4 is 10.6 Å². The van der Waals surface area contributed by atoms with E-state index in [2.05, 4.69) is 27.8 Å². The number of guanidine groups is 1. The first-order valence-electron chi connectivity index (χ1n) is 9.67. The summed E-state index contributed by atoms with van der Waals surface area (Å²) < 4.78 is 0. The quantitative estimate of drug-likeness (QED) is 0.596. The average Bonchev–Trinajstić information content (AvgIpc) is 2.74. The summed E-state index contributed by atoms with van der Waals surface area (Å²) in [6.45, 7) is 2.37. The predicted molar refractivity (Wildman–Crippen MR) is 113 cm³/mol. The molecule has 2 aromatic rings. The predicted octanol–water partition coefficient (Wildman–Crippen LogP) is 1.47. The fourth-order valence-electron chi connectivity index (χ4n) is 3.05. The van der Waals surface area contributed by atoms with E-state index in [1.807, 2.05) is 61.5 Å². The van der Waals surface area contributed by atoms with Crippen molar-refractivity contribution < 1.29 is 9.59 Å². The van der Waals surface area contributed by atoms with Gasteiger partial charge in [-0.25, -0.2) is 4.99 Å². The summed E-state index contributed by atoms with van der Waals surface area (Å²) in [7, 11) is 3.90. The van der Waals surface area contributed by atoms with Crippen LogP contribution in [-0.2, 0) is 17.9 Å². The number of piperazine rings is 1. The number of aliphatic imine (C=N–C) groups is 1. The van der Waals surface area contributed by atoms with E-state index in [4.69, 9.17) is 0 Å². The van der Waals surface area contributed by atoms with Gasteiger partial charge in [-0.3, -0.25) is 9.59 Å². The van der Waals surface area contributed by atoms with E-state index in [9.17, 15) is 9.59 Å². The van der Waals surface area contributed by atoms with Crippen molar-refractivity contribution in [3.63, 3.8) is 0 Å². The molecule has 0 spiro atoms. The molecule has 0 aliphatic carbocycles. The van der Waals surface area contributed by atoms with Crippen molar-refractivity contribution in [3.05, 3.63) is 71.3 Å². The van der Waals surface area contributed by atoms with Crippen molar-refractivity contribution in [1.29, 1.82) is 0 Å². The van der Waals surface area contributed by atoms with Gasteiger partial charge in [0, 0.05) is 39.3 Å². The second-order valence-electron chi connectivity index (χ2n) is 7.15. The summed E-state index contributed by atoms with van der Waals surface area (Å²) in [6, 6.07) is 17.6. The van der Waals surface area contributed by atoms with Crippen LogP contribution in [0, 0.1) is 0 Å². The molecule has 2 aromatic carbocycles. The molecule has 7 heteroatoms. The standard InChI is InChI=1S/C22H27N5O2/c1-26(2)22(24-14-17-6-4-3-5-7-17)25-15-18-8-10-19(11-9-18)21(29)27-13-12-23-20(28)16-27/h3-11H,12-16H2,1-2H3,(H,23,28)(H,24,25). The largest absolute Gasteiger partial charge is 0.353 e. The van der Waals surface area contributed by atoms with Gasteiger partial charge in [0.05, 0.1) is 13.1 Å². The van der Waals surface area contributed by atoms with Gasteiger partial charge in [0.15, 0.2) is 5.96 Å². The molecule has 1 aliphatic heterocycles. The maximum absolute atomic E-state index is 12.5. The minimum atomic E-state index is -0.114. The highest BCUT2D eigenvalue weighted by Crippen LogP contribution is 2.09. The van der Waals surface area contributed by atoms with Gasteiger partial charge in [-0.2, -0.15) is 0 Å². The van der Waals surface area contributed by atoms with Gasteiger partial charge in [0.25, 0.3) is 5.91 Å². The first kappa shape index (κ1) is 20.4. The van der Waals surface area contributed by atoms with Crippen molar-refractivity contribution in [2.24, 2.45) is 4.99 Å². The summed E-state index contributed by atoms with van der Waals surface area (Å²) >= 11 is 0. The average molecular weight is 393 g/mol. The Labute approximate surface area is 171 Å². The van der Waals surface area contributed by atoms with E-state index in [-0.39, 0.29) is 18.4 Å². The van der Waals surface area contributed by atoms with E-state index >= 15 is 0 Å². The van der Waals surface area contributed by atoms with Crippen LogP contribution in [0.15, 0.2) is 59.6 Å². The summed E-state index contributed by atoms with van der Waals surface area (Å²) in [5, 5.41) is 6.08. The first-order valence-corrected chi connectivity index (χ1v) is 9.67. The lowest BCUT2D eigenvalue weighted by Gasteiger charge is -2.26. The Morgan fingerprint density at radius 3 is 2.48 bits per heavy atom. The summed E-state index contributed by atoms with van der Waals surface area (Å²) in [6.07, 6.45) is 0. The van der Waals surface area contributed by atoms with E-state index in [1.54, 1.807) is 4.90 Å². The fourth-order valence-corrected chi connectivity index (χ4v) is 3.05. The number of benzene rings is 2. The lowest BCUT2D eigenvalue weighted by atomic mass is 10.1. The molecular weight excluding hydrogens is 366 g/mol. The maximum Gasteiger partial charge on any atom is 0.254 e. The van der Waals surface area contributed by atoms with Gasteiger partial charge in [-0.1, -0.05) is 42.5 Å². The van der Waals surface area contributed by atoms with Crippen molar-refractivity contribution in [2.45, 2.75) is 13.1 Å². The molecule has 29 heavy (non-hydrogen) atoms. The number of nitrogens with one attached hydrogen (secondary N) is 2. The van der Waals surface area contributed by atoms with Gasteiger partial charge >= 0.3 is 0 Å². The molecule has 0 aromatic heterocycles. The number of hydrogen-bond donors (Lipinski definition) is 2. The maximum atomic E-state index is 12.5. The molecule has 0 atom stereocenters. The molecule has 7 nitrogen and oxygen atoms in total. The van der Waals surface area contributed by atoms with E-state index in [1.165, 1.54) is 0 Å². The zero-order valence-corrected chi connectivity index (χ0v) is 16.9. The summed E-state index contributed by atoms with van der Waals surface area (Å²) in [4.78, 5) is 32.2. The molecule has 2 N–H and O–H groups in total. The van der Waals surface area contributed by atoms with Gasteiger partial charge in [0.1, 0.15) is 0 Å². The Kier molecular flexibility index (Phi) is 6.84. The first-order chi connectivity index (χ1) is 14.0. The van der Waals surface area contributed by atoms with Crippen LogP contribution >= 0.6 is 0 Å². The third kappa shape index (κ3) is 5.81. The number of nitrogens with zero attached hydrogens (tertiary/aromatic N) is 3. The second-order valence-corrected chi connectivity index (χ2v) is 7.15. The summed E-state index contributed by atoms with van der Waals surface area (Å²) in [5.41, 5.74) is 2.80. The van der Waals surface area contributed by atoms with Crippen LogP contribution in [-0.4, -0.2) is 61.3 Å². The monoisotopic (exact) mass is 393 g/mol. The van der Waals surface area contributed by atoms with Crippen molar-refractivity contribution in [3.8, 4) is 0 Å². The number of rotatable bonds is 5. The van der Waals surface area contributed by atoms with E-state index < -0.39 is 0 Å². The van der Waals surface area contributed by atoms with Crippen LogP contribution in [0.1, 0.15) is 21.5 Å². The van der Waals surface area contributed by atoms with Crippen LogP contribution in [0.25, 0.3) is 0 Å². The molecule has 0 unspecified atom stereocenters. The van der Waals surface area contributed by atoms with Crippen LogP contribution in [0.4, 0.5) is 0 Å². The summed E-state index contributed by atoms with van der Waals surface area (Å²) in [5.74, 6) is 0.572. The molecule has 3 rings (SSSR count). The molecule has 1 fully saturated rings. The highest BCUT2D eigenvalue weighted by atomic mass is 16.2. The Morgan fingerprint density at radius 1 is 1.10 bits per heavy atom. The van der Waals surface area contributed by atoms with E-state index in [0.29, 0.717) is 31.7 Å². The Bertz CT molecular complexity index is 863. The molecule has 2 amide bonds. The number of amides is 2. The lowest BCUT2D eigenvalue weighted by molar-refractivity contribution is -0.123. The van der Waals surface area contributed by atoms with Crippen LogP contribution in [0.5, 0.6) is 0 Å². The SMILES string of the molecule is CN(C)C(=NCc1ccccc1)NCc1ccc(C(=O)N2CCNC(=O)C2)cc1. The van der Waals surface area contributed by atoms with Crippen LogP contribution in [0.2, 0.25) is 0 Å². The van der Waals surface area contributed by atoms with Crippen molar-refractivity contribution >= 4 is 17.8 Å². The molecule has 0 saturated carbocycles. The topological polar surface area (TPSA) is 77.0 Å². The van der Waals surface area contributed by atoms with Gasteiger partial charge < -0.3 is 20.4 Å². The third-order valence-electron chi connectivity index (χ3n) is 4.65. The molecule has 1 heterocycles. The normalized spacial score (nSPS) is 14.3. The zero-order valence-electron chi connectivity index (χ0n) is 16.9. The Hall–Kier alpha value is -3.35. The molecule has 1 aliphatic rings. The number of hydrogen-bond acceptors (Lipinski definition) is 3. The molecule has 1 saturated heterocycles. The van der Waals surface area contributed by atoms with Crippen molar-refractivity contribution in [1.82, 2.24) is 20.4 Å². The van der Waals surface area contributed by atoms with Gasteiger partial charge in [0.2, 0.25) is 5.91 Å². The number of carbonyl (C=O) groups excluding carboxylic acids is 2. The smallest absolute Gasteiger partial charge is 0.254 e. The minimum Gasteiger partial charge on any atom is -0.353 e. The molecule has 152 valence electrons.